The zero-order chi connectivity index (χ0) is 13.2. The fraction of sp³-hybridized carbons (Fsp3) is 0.533. The van der Waals surface area contributed by atoms with Gasteiger partial charge in [-0.1, -0.05) is 44.2 Å². The van der Waals surface area contributed by atoms with Crippen molar-refractivity contribution in [2.24, 2.45) is 0 Å². The summed E-state index contributed by atoms with van der Waals surface area (Å²) < 4.78 is 5.15. The SMILES string of the molecule is CCC(=O)OCC(CC)NCCc1ccccc1. The van der Waals surface area contributed by atoms with E-state index >= 15 is 0 Å². The van der Waals surface area contributed by atoms with Gasteiger partial charge in [0.05, 0.1) is 0 Å². The fourth-order valence-corrected chi connectivity index (χ4v) is 1.68. The summed E-state index contributed by atoms with van der Waals surface area (Å²) in [6, 6.07) is 10.6. The number of ether oxygens (including phenoxy) is 1. The van der Waals surface area contributed by atoms with Crippen LogP contribution >= 0.6 is 0 Å². The molecule has 3 heteroatoms. The van der Waals surface area contributed by atoms with Crippen molar-refractivity contribution in [1.29, 1.82) is 0 Å². The van der Waals surface area contributed by atoms with Gasteiger partial charge in [0.15, 0.2) is 0 Å². The largest absolute Gasteiger partial charge is 0.464 e. The molecule has 18 heavy (non-hydrogen) atoms. The minimum atomic E-state index is -0.127. The highest BCUT2D eigenvalue weighted by atomic mass is 16.5. The first kappa shape index (κ1) is 14.7. The molecule has 0 saturated carbocycles. The van der Waals surface area contributed by atoms with E-state index in [4.69, 9.17) is 4.74 Å². The highest BCUT2D eigenvalue weighted by Gasteiger charge is 2.08. The van der Waals surface area contributed by atoms with Crippen molar-refractivity contribution in [2.75, 3.05) is 13.2 Å². The molecule has 1 aromatic rings. The van der Waals surface area contributed by atoms with Gasteiger partial charge in [-0.05, 0) is 24.9 Å². The van der Waals surface area contributed by atoms with Crippen LogP contribution in [0, 0.1) is 0 Å². The van der Waals surface area contributed by atoms with Gasteiger partial charge in [-0.3, -0.25) is 4.79 Å². The summed E-state index contributed by atoms with van der Waals surface area (Å²) in [7, 11) is 0. The minimum Gasteiger partial charge on any atom is -0.464 e. The normalized spacial score (nSPS) is 12.1. The van der Waals surface area contributed by atoms with Crippen LogP contribution in [0.4, 0.5) is 0 Å². The molecule has 1 atom stereocenters. The molecule has 0 spiro atoms. The smallest absolute Gasteiger partial charge is 0.305 e. The van der Waals surface area contributed by atoms with E-state index in [1.165, 1.54) is 5.56 Å². The van der Waals surface area contributed by atoms with E-state index < -0.39 is 0 Å². The van der Waals surface area contributed by atoms with Crippen LogP contribution in [0.5, 0.6) is 0 Å². The third-order valence-electron chi connectivity index (χ3n) is 2.92. The van der Waals surface area contributed by atoms with Crippen LogP contribution in [-0.2, 0) is 16.0 Å². The van der Waals surface area contributed by atoms with Crippen LogP contribution in [0.3, 0.4) is 0 Å². The number of carbonyl (C=O) groups is 1. The van der Waals surface area contributed by atoms with Crippen molar-refractivity contribution in [1.82, 2.24) is 5.32 Å². The van der Waals surface area contributed by atoms with E-state index in [2.05, 4.69) is 36.5 Å². The van der Waals surface area contributed by atoms with Gasteiger partial charge in [0.1, 0.15) is 6.61 Å². The van der Waals surface area contributed by atoms with E-state index in [1.54, 1.807) is 0 Å². The number of hydrogen-bond donors (Lipinski definition) is 1. The highest BCUT2D eigenvalue weighted by Crippen LogP contribution is 2.00. The maximum absolute atomic E-state index is 11.1. The summed E-state index contributed by atoms with van der Waals surface area (Å²) in [4.78, 5) is 11.1. The van der Waals surface area contributed by atoms with Gasteiger partial charge >= 0.3 is 5.97 Å². The number of nitrogens with one attached hydrogen (secondary N) is 1. The molecule has 0 aromatic heterocycles. The first-order chi connectivity index (χ1) is 8.76. The molecule has 1 aromatic carbocycles. The number of rotatable bonds is 8. The number of benzene rings is 1. The molecule has 1 rings (SSSR count). The Kier molecular flexibility index (Phi) is 7.11. The first-order valence-electron chi connectivity index (χ1n) is 6.69. The van der Waals surface area contributed by atoms with Crippen molar-refractivity contribution in [2.45, 2.75) is 39.2 Å². The van der Waals surface area contributed by atoms with E-state index in [-0.39, 0.29) is 12.0 Å². The van der Waals surface area contributed by atoms with Crippen molar-refractivity contribution >= 4 is 5.97 Å². The molecule has 0 saturated heterocycles. The Balaban J connectivity index is 2.21. The monoisotopic (exact) mass is 249 g/mol. The van der Waals surface area contributed by atoms with Crippen molar-refractivity contribution in [3.63, 3.8) is 0 Å². The van der Waals surface area contributed by atoms with Gasteiger partial charge in [-0.15, -0.1) is 0 Å². The topological polar surface area (TPSA) is 38.3 Å². The second-order valence-corrected chi connectivity index (χ2v) is 4.33. The van der Waals surface area contributed by atoms with Gasteiger partial charge in [0.2, 0.25) is 0 Å². The average molecular weight is 249 g/mol. The Hall–Kier alpha value is -1.35. The molecule has 0 radical (unpaired) electrons. The average Bonchev–Trinajstić information content (AvgIpc) is 2.43. The van der Waals surface area contributed by atoms with Crippen LogP contribution in [0.1, 0.15) is 32.3 Å². The second kappa shape index (κ2) is 8.70. The summed E-state index contributed by atoms with van der Waals surface area (Å²) in [6.45, 7) is 5.29. The lowest BCUT2D eigenvalue weighted by molar-refractivity contribution is -0.144. The zero-order valence-electron chi connectivity index (χ0n) is 11.3. The second-order valence-electron chi connectivity index (χ2n) is 4.33. The maximum atomic E-state index is 11.1. The van der Waals surface area contributed by atoms with Gasteiger partial charge in [0.25, 0.3) is 0 Å². The Morgan fingerprint density at radius 3 is 2.61 bits per heavy atom. The Morgan fingerprint density at radius 2 is 2.00 bits per heavy atom. The molecule has 1 unspecified atom stereocenters. The first-order valence-corrected chi connectivity index (χ1v) is 6.69. The third-order valence-corrected chi connectivity index (χ3v) is 2.92. The number of carbonyl (C=O) groups excluding carboxylic acids is 1. The summed E-state index contributed by atoms with van der Waals surface area (Å²) >= 11 is 0. The fourth-order valence-electron chi connectivity index (χ4n) is 1.68. The molecular formula is C15H23NO2. The quantitative estimate of drug-likeness (QED) is 0.720. The Labute approximate surface area is 110 Å². The standard InChI is InChI=1S/C15H23NO2/c1-3-14(12-18-15(17)4-2)16-11-10-13-8-6-5-7-9-13/h5-9,14,16H,3-4,10-12H2,1-2H3. The highest BCUT2D eigenvalue weighted by molar-refractivity contribution is 5.68. The molecule has 1 N–H and O–H groups in total. The lowest BCUT2D eigenvalue weighted by Crippen LogP contribution is -2.35. The maximum Gasteiger partial charge on any atom is 0.305 e. The molecule has 100 valence electrons. The Bertz CT molecular complexity index is 338. The molecule has 0 bridgehead atoms. The van der Waals surface area contributed by atoms with Crippen LogP contribution in [0.25, 0.3) is 0 Å². The van der Waals surface area contributed by atoms with E-state index in [1.807, 2.05) is 13.0 Å². The zero-order valence-corrected chi connectivity index (χ0v) is 11.3. The molecule has 0 heterocycles. The predicted octanol–water partition coefficient (Wildman–Crippen LogP) is 2.55. The van der Waals surface area contributed by atoms with Crippen LogP contribution in [0.2, 0.25) is 0 Å². The number of hydrogen-bond acceptors (Lipinski definition) is 3. The summed E-state index contributed by atoms with van der Waals surface area (Å²) in [5.41, 5.74) is 1.32. The Morgan fingerprint density at radius 1 is 1.28 bits per heavy atom. The van der Waals surface area contributed by atoms with Crippen molar-refractivity contribution in [3.05, 3.63) is 35.9 Å². The van der Waals surface area contributed by atoms with E-state index in [0.29, 0.717) is 13.0 Å². The molecule has 3 nitrogen and oxygen atoms in total. The van der Waals surface area contributed by atoms with Crippen LogP contribution in [0.15, 0.2) is 30.3 Å². The third kappa shape index (κ3) is 5.82. The molecule has 0 aliphatic carbocycles. The lowest BCUT2D eigenvalue weighted by Gasteiger charge is -2.16. The van der Waals surface area contributed by atoms with Crippen molar-refractivity contribution < 1.29 is 9.53 Å². The minimum absolute atomic E-state index is 0.127. The van der Waals surface area contributed by atoms with Gasteiger partial charge in [-0.25, -0.2) is 0 Å². The van der Waals surface area contributed by atoms with Gasteiger partial charge in [-0.2, -0.15) is 0 Å². The van der Waals surface area contributed by atoms with Gasteiger partial charge < -0.3 is 10.1 Å². The summed E-state index contributed by atoms with van der Waals surface area (Å²) in [5.74, 6) is -0.127. The summed E-state index contributed by atoms with van der Waals surface area (Å²) in [6.07, 6.45) is 2.41. The van der Waals surface area contributed by atoms with Crippen LogP contribution in [-0.4, -0.2) is 25.2 Å². The molecular weight excluding hydrogens is 226 g/mol. The molecule has 0 aliphatic rings. The van der Waals surface area contributed by atoms with Crippen molar-refractivity contribution in [3.8, 4) is 0 Å². The van der Waals surface area contributed by atoms with Crippen LogP contribution < -0.4 is 5.32 Å². The summed E-state index contributed by atoms with van der Waals surface area (Å²) in [5, 5.41) is 3.42. The molecule has 0 fully saturated rings. The number of esters is 1. The molecule has 0 aliphatic heterocycles. The predicted molar refractivity (Wildman–Crippen MR) is 73.5 cm³/mol. The van der Waals surface area contributed by atoms with E-state index in [0.717, 1.165) is 19.4 Å². The molecule has 0 amide bonds. The lowest BCUT2D eigenvalue weighted by atomic mass is 10.1. The van der Waals surface area contributed by atoms with Gasteiger partial charge in [0, 0.05) is 12.5 Å². The van der Waals surface area contributed by atoms with E-state index in [9.17, 15) is 4.79 Å².